The van der Waals surface area contributed by atoms with E-state index in [-0.39, 0.29) is 0 Å². The van der Waals surface area contributed by atoms with Crippen LogP contribution in [-0.4, -0.2) is 13.6 Å². The molecule has 1 rings (SSSR count). The van der Waals surface area contributed by atoms with E-state index in [9.17, 15) is 13.2 Å². The van der Waals surface area contributed by atoms with Crippen molar-refractivity contribution in [2.45, 2.75) is 12.6 Å². The third kappa shape index (κ3) is 3.50. The molecule has 0 saturated carbocycles. The van der Waals surface area contributed by atoms with Gasteiger partial charge in [-0.25, -0.2) is 0 Å². The van der Waals surface area contributed by atoms with Crippen LogP contribution in [0.15, 0.2) is 22.7 Å². The molecular weight excluding hydrogens is 271 g/mol. The van der Waals surface area contributed by atoms with Crippen LogP contribution in [0.3, 0.4) is 0 Å². The average Bonchev–Trinajstić information content (AvgIpc) is 2.14. The van der Waals surface area contributed by atoms with Crippen LogP contribution in [0.2, 0.25) is 0 Å². The van der Waals surface area contributed by atoms with E-state index in [1.165, 1.54) is 6.07 Å². The fourth-order valence-corrected chi connectivity index (χ4v) is 1.65. The smallest absolute Gasteiger partial charge is 0.319 e. The molecule has 0 atom stereocenters. The Morgan fingerprint density at radius 2 is 2.00 bits per heavy atom. The molecule has 0 aliphatic carbocycles. The van der Waals surface area contributed by atoms with Gasteiger partial charge in [-0.3, -0.25) is 0 Å². The normalized spacial score (nSPS) is 11.8. The molecule has 1 N–H and O–H groups in total. The molecule has 0 heterocycles. The number of nitrogens with one attached hydrogen (secondary N) is 1. The highest BCUT2D eigenvalue weighted by atomic mass is 79.9. The number of likely N-dealkylation sites (N-methyl/N-ethyl adjacent to an activating group) is 1. The summed E-state index contributed by atoms with van der Waals surface area (Å²) in [6.45, 7) is 0.532. The van der Waals surface area contributed by atoms with E-state index in [1.807, 2.05) is 0 Å². The fraction of sp³-hybridized carbons (Fsp3) is 0.400. The number of hydrogen-bond acceptors (Lipinski definition) is 1. The minimum Gasteiger partial charge on any atom is -0.319 e. The van der Waals surface area contributed by atoms with Gasteiger partial charge in [0.2, 0.25) is 0 Å². The van der Waals surface area contributed by atoms with E-state index >= 15 is 0 Å². The van der Waals surface area contributed by atoms with E-state index < -0.39 is 11.7 Å². The van der Waals surface area contributed by atoms with E-state index in [4.69, 9.17) is 0 Å². The van der Waals surface area contributed by atoms with Gasteiger partial charge in [0.1, 0.15) is 0 Å². The summed E-state index contributed by atoms with van der Waals surface area (Å²) in [4.78, 5) is 0. The lowest BCUT2D eigenvalue weighted by atomic mass is 10.0. The van der Waals surface area contributed by atoms with Gasteiger partial charge in [-0.2, -0.15) is 13.2 Å². The first kappa shape index (κ1) is 12.5. The monoisotopic (exact) mass is 281 g/mol. The molecule has 5 heteroatoms. The number of halogens is 4. The van der Waals surface area contributed by atoms with Gasteiger partial charge < -0.3 is 5.32 Å². The van der Waals surface area contributed by atoms with Crippen LogP contribution in [0.5, 0.6) is 0 Å². The highest BCUT2D eigenvalue weighted by Crippen LogP contribution is 2.33. The summed E-state index contributed by atoms with van der Waals surface area (Å²) in [5.41, 5.74) is -0.243. The summed E-state index contributed by atoms with van der Waals surface area (Å²) < 4.78 is 38.3. The Labute approximate surface area is 94.8 Å². The Morgan fingerprint density at radius 3 is 2.53 bits per heavy atom. The Bertz CT molecular complexity index is 336. The lowest BCUT2D eigenvalue weighted by Crippen LogP contribution is -2.15. The van der Waals surface area contributed by atoms with E-state index in [1.54, 1.807) is 13.1 Å². The molecule has 1 aromatic rings. The second-order valence-corrected chi connectivity index (χ2v) is 4.07. The maximum Gasteiger partial charge on any atom is 0.416 e. The molecule has 0 fully saturated rings. The van der Waals surface area contributed by atoms with E-state index in [2.05, 4.69) is 21.2 Å². The first-order valence-corrected chi connectivity index (χ1v) is 5.24. The molecule has 0 saturated heterocycles. The summed E-state index contributed by atoms with van der Waals surface area (Å²) >= 11 is 3.04. The van der Waals surface area contributed by atoms with Crippen molar-refractivity contribution in [2.75, 3.05) is 13.6 Å². The minimum absolute atomic E-state index is 0.319. The van der Waals surface area contributed by atoms with Crippen LogP contribution >= 0.6 is 15.9 Å². The average molecular weight is 282 g/mol. The van der Waals surface area contributed by atoms with Gasteiger partial charge in [-0.15, -0.1) is 0 Å². The van der Waals surface area contributed by atoms with Gasteiger partial charge >= 0.3 is 6.18 Å². The molecule has 0 spiro atoms. The van der Waals surface area contributed by atoms with Crippen LogP contribution in [0.4, 0.5) is 13.2 Å². The standard InChI is InChI=1S/C10H11BrF3N/c1-15-5-4-7-2-3-8(11)6-9(7)10(12,13)14/h2-3,6,15H,4-5H2,1H3. The van der Waals surface area contributed by atoms with Crippen molar-refractivity contribution in [3.63, 3.8) is 0 Å². The van der Waals surface area contributed by atoms with E-state index in [0.29, 0.717) is 23.0 Å². The Kier molecular flexibility index (Phi) is 4.16. The van der Waals surface area contributed by atoms with Crippen molar-refractivity contribution < 1.29 is 13.2 Å². The van der Waals surface area contributed by atoms with Crippen LogP contribution < -0.4 is 5.32 Å². The van der Waals surface area contributed by atoms with Crippen molar-refractivity contribution in [3.05, 3.63) is 33.8 Å². The SMILES string of the molecule is CNCCc1ccc(Br)cc1C(F)(F)F. The van der Waals surface area contributed by atoms with Crippen LogP contribution in [0.1, 0.15) is 11.1 Å². The number of alkyl halides is 3. The lowest BCUT2D eigenvalue weighted by molar-refractivity contribution is -0.138. The second-order valence-electron chi connectivity index (χ2n) is 3.15. The fourth-order valence-electron chi connectivity index (χ4n) is 1.29. The number of hydrogen-bond donors (Lipinski definition) is 1. The summed E-state index contributed by atoms with van der Waals surface area (Å²) in [6, 6.07) is 4.25. The van der Waals surface area contributed by atoms with Crippen LogP contribution in [0.25, 0.3) is 0 Å². The zero-order valence-electron chi connectivity index (χ0n) is 8.16. The number of rotatable bonds is 3. The zero-order valence-corrected chi connectivity index (χ0v) is 9.74. The molecule has 0 radical (unpaired) electrons. The first-order chi connectivity index (χ1) is 6.95. The predicted octanol–water partition coefficient (Wildman–Crippen LogP) is 3.23. The quantitative estimate of drug-likeness (QED) is 0.897. The van der Waals surface area contributed by atoms with Gasteiger partial charge in [0.15, 0.2) is 0 Å². The molecule has 84 valence electrons. The highest BCUT2D eigenvalue weighted by Gasteiger charge is 2.33. The molecule has 0 bridgehead atoms. The van der Waals surface area contributed by atoms with Crippen molar-refractivity contribution >= 4 is 15.9 Å². The lowest BCUT2D eigenvalue weighted by Gasteiger charge is -2.13. The first-order valence-electron chi connectivity index (χ1n) is 4.45. The Morgan fingerprint density at radius 1 is 1.33 bits per heavy atom. The summed E-state index contributed by atoms with van der Waals surface area (Å²) in [5, 5.41) is 2.83. The minimum atomic E-state index is -4.28. The molecule has 0 aliphatic heterocycles. The van der Waals surface area contributed by atoms with Gasteiger partial charge in [0, 0.05) is 4.47 Å². The topological polar surface area (TPSA) is 12.0 Å². The van der Waals surface area contributed by atoms with Crippen molar-refractivity contribution in [1.29, 1.82) is 0 Å². The maximum absolute atomic E-state index is 12.6. The summed E-state index contributed by atoms with van der Waals surface area (Å²) in [7, 11) is 1.71. The van der Waals surface area contributed by atoms with Gasteiger partial charge in [-0.1, -0.05) is 22.0 Å². The molecule has 0 aromatic heterocycles. The Balaban J connectivity index is 3.04. The molecule has 15 heavy (non-hydrogen) atoms. The largest absolute Gasteiger partial charge is 0.416 e. The van der Waals surface area contributed by atoms with Crippen molar-refractivity contribution in [1.82, 2.24) is 5.32 Å². The van der Waals surface area contributed by atoms with Crippen molar-refractivity contribution in [3.8, 4) is 0 Å². The molecule has 0 unspecified atom stereocenters. The third-order valence-electron chi connectivity index (χ3n) is 2.02. The van der Waals surface area contributed by atoms with Crippen LogP contribution in [-0.2, 0) is 12.6 Å². The number of benzene rings is 1. The van der Waals surface area contributed by atoms with Crippen molar-refractivity contribution in [2.24, 2.45) is 0 Å². The highest BCUT2D eigenvalue weighted by molar-refractivity contribution is 9.10. The molecule has 0 amide bonds. The molecule has 0 aliphatic rings. The van der Waals surface area contributed by atoms with E-state index in [0.717, 1.165) is 6.07 Å². The van der Waals surface area contributed by atoms with Crippen LogP contribution in [0, 0.1) is 0 Å². The van der Waals surface area contributed by atoms with Gasteiger partial charge in [0.25, 0.3) is 0 Å². The zero-order chi connectivity index (χ0) is 11.5. The summed E-state index contributed by atoms with van der Waals surface area (Å²) in [5.74, 6) is 0. The second kappa shape index (κ2) is 4.99. The Hall–Kier alpha value is -0.550. The molecular formula is C10H11BrF3N. The molecule has 1 nitrogen and oxygen atoms in total. The maximum atomic E-state index is 12.6. The predicted molar refractivity (Wildman–Crippen MR) is 56.8 cm³/mol. The van der Waals surface area contributed by atoms with Gasteiger partial charge in [0.05, 0.1) is 5.56 Å². The van der Waals surface area contributed by atoms with Gasteiger partial charge in [-0.05, 0) is 37.7 Å². The third-order valence-corrected chi connectivity index (χ3v) is 2.51. The molecule has 1 aromatic carbocycles. The summed E-state index contributed by atoms with van der Waals surface area (Å²) in [6.07, 6.45) is -3.91.